The molecule has 0 radical (unpaired) electrons. The molecule has 0 spiro atoms. The molecule has 72 valence electrons. The monoisotopic (exact) mass is 193 g/mol. The van der Waals surface area contributed by atoms with Crippen molar-refractivity contribution < 1.29 is 14.7 Å². The first-order valence-corrected chi connectivity index (χ1v) is 5.64. The fourth-order valence-electron chi connectivity index (χ4n) is 0.798. The molecule has 2 atom stereocenters. The van der Waals surface area contributed by atoms with Gasteiger partial charge in [0.1, 0.15) is 0 Å². The quantitative estimate of drug-likeness (QED) is 0.311. The van der Waals surface area contributed by atoms with E-state index in [1.807, 2.05) is 0 Å². The molecule has 0 aliphatic carbocycles. The maximum Gasteiger partial charge on any atom is 0.211 e. The molecule has 0 saturated carbocycles. The summed E-state index contributed by atoms with van der Waals surface area (Å²) in [5.74, 6) is 0. The fourth-order valence-corrected chi connectivity index (χ4v) is 2.28. The molecular formula is C7H16NO3P. The second kappa shape index (κ2) is 4.06. The molecule has 0 aromatic rings. The Bertz CT molecular complexity index is 225. The Morgan fingerprint density at radius 1 is 1.42 bits per heavy atom. The van der Waals surface area contributed by atoms with Gasteiger partial charge in [0.05, 0.1) is 11.4 Å². The van der Waals surface area contributed by atoms with Gasteiger partial charge in [-0.2, -0.15) is 0 Å². The molecule has 0 fully saturated rings. The predicted octanol–water partition coefficient (Wildman–Crippen LogP) is 1.90. The van der Waals surface area contributed by atoms with Crippen LogP contribution >= 0.6 is 7.37 Å². The van der Waals surface area contributed by atoms with Gasteiger partial charge >= 0.3 is 0 Å². The third kappa shape index (κ3) is 2.32. The SMILES string of the molecule is CC(=NO)C(C)P(=O)(O)C(C)C. The van der Waals surface area contributed by atoms with Crippen molar-refractivity contribution in [1.82, 2.24) is 0 Å². The van der Waals surface area contributed by atoms with Crippen LogP contribution < -0.4 is 0 Å². The number of nitrogens with zero attached hydrogens (tertiary/aromatic N) is 1. The van der Waals surface area contributed by atoms with Crippen LogP contribution in [0.3, 0.4) is 0 Å². The highest BCUT2D eigenvalue weighted by Gasteiger charge is 2.32. The van der Waals surface area contributed by atoms with E-state index >= 15 is 0 Å². The lowest BCUT2D eigenvalue weighted by atomic mass is 10.3. The van der Waals surface area contributed by atoms with Crippen molar-refractivity contribution in [3.63, 3.8) is 0 Å². The van der Waals surface area contributed by atoms with Gasteiger partial charge in [-0.1, -0.05) is 19.0 Å². The Morgan fingerprint density at radius 3 is 2.08 bits per heavy atom. The third-order valence-corrected chi connectivity index (χ3v) is 5.02. The van der Waals surface area contributed by atoms with E-state index in [0.29, 0.717) is 5.71 Å². The van der Waals surface area contributed by atoms with Crippen molar-refractivity contribution >= 4 is 13.1 Å². The molecule has 2 N–H and O–H groups in total. The number of rotatable bonds is 3. The van der Waals surface area contributed by atoms with Crippen LogP contribution in [-0.4, -0.2) is 27.1 Å². The van der Waals surface area contributed by atoms with Crippen molar-refractivity contribution in [3.8, 4) is 0 Å². The van der Waals surface area contributed by atoms with Gasteiger partial charge in [0.2, 0.25) is 7.37 Å². The number of hydrogen-bond acceptors (Lipinski definition) is 3. The summed E-state index contributed by atoms with van der Waals surface area (Å²) in [5, 5.41) is 11.3. The second-order valence-electron chi connectivity index (χ2n) is 3.18. The van der Waals surface area contributed by atoms with Gasteiger partial charge < -0.3 is 10.1 Å². The van der Waals surface area contributed by atoms with E-state index < -0.39 is 13.0 Å². The molecule has 4 nitrogen and oxygen atoms in total. The van der Waals surface area contributed by atoms with E-state index in [2.05, 4.69) is 5.16 Å². The van der Waals surface area contributed by atoms with Crippen molar-refractivity contribution in [1.29, 1.82) is 0 Å². The largest absolute Gasteiger partial charge is 0.411 e. The van der Waals surface area contributed by atoms with Crippen LogP contribution in [0.2, 0.25) is 0 Å². The summed E-state index contributed by atoms with van der Waals surface area (Å²) in [5.41, 5.74) is -0.568. The van der Waals surface area contributed by atoms with E-state index in [9.17, 15) is 9.46 Å². The van der Waals surface area contributed by atoms with E-state index in [4.69, 9.17) is 5.21 Å². The van der Waals surface area contributed by atoms with Gasteiger partial charge in [0.15, 0.2) is 0 Å². The topological polar surface area (TPSA) is 69.9 Å². The molecule has 0 bridgehead atoms. The maximum atomic E-state index is 11.6. The Hall–Kier alpha value is -0.340. The fraction of sp³-hybridized carbons (Fsp3) is 0.857. The highest BCUT2D eigenvalue weighted by atomic mass is 31.2. The van der Waals surface area contributed by atoms with Gasteiger partial charge in [-0.05, 0) is 13.8 Å². The Morgan fingerprint density at radius 2 is 1.83 bits per heavy atom. The average Bonchev–Trinajstić information content (AvgIpc) is 2.01. The van der Waals surface area contributed by atoms with Crippen molar-refractivity contribution in [2.24, 2.45) is 5.16 Å². The Balaban J connectivity index is 4.69. The normalized spacial score (nSPS) is 20.7. The summed E-state index contributed by atoms with van der Waals surface area (Å²) in [6.07, 6.45) is 0. The maximum absolute atomic E-state index is 11.6. The van der Waals surface area contributed by atoms with Crippen LogP contribution in [0.1, 0.15) is 27.7 Å². The van der Waals surface area contributed by atoms with Crippen molar-refractivity contribution in [2.45, 2.75) is 39.0 Å². The average molecular weight is 193 g/mol. The zero-order chi connectivity index (χ0) is 9.94. The van der Waals surface area contributed by atoms with E-state index in [0.717, 1.165) is 0 Å². The van der Waals surface area contributed by atoms with E-state index in [1.54, 1.807) is 20.8 Å². The lowest BCUT2D eigenvalue weighted by Gasteiger charge is -2.21. The van der Waals surface area contributed by atoms with Crippen LogP contribution in [0.15, 0.2) is 5.16 Å². The van der Waals surface area contributed by atoms with Gasteiger partial charge in [0.25, 0.3) is 0 Å². The highest BCUT2D eigenvalue weighted by molar-refractivity contribution is 7.60. The summed E-state index contributed by atoms with van der Waals surface area (Å²) in [4.78, 5) is 9.53. The van der Waals surface area contributed by atoms with Gasteiger partial charge in [0, 0.05) is 5.66 Å². The van der Waals surface area contributed by atoms with E-state index in [1.165, 1.54) is 6.92 Å². The molecule has 0 amide bonds. The van der Waals surface area contributed by atoms with Crippen LogP contribution in [0, 0.1) is 0 Å². The first-order valence-electron chi connectivity index (χ1n) is 3.84. The lowest BCUT2D eigenvalue weighted by molar-refractivity contribution is 0.317. The van der Waals surface area contributed by atoms with Crippen LogP contribution in [0.25, 0.3) is 0 Å². The minimum Gasteiger partial charge on any atom is -0.411 e. The van der Waals surface area contributed by atoms with Gasteiger partial charge in [-0.25, -0.2) is 0 Å². The number of oxime groups is 1. The van der Waals surface area contributed by atoms with Crippen LogP contribution in [0.4, 0.5) is 0 Å². The van der Waals surface area contributed by atoms with Crippen molar-refractivity contribution in [2.75, 3.05) is 0 Å². The molecule has 2 unspecified atom stereocenters. The number of hydrogen-bond donors (Lipinski definition) is 2. The zero-order valence-electron chi connectivity index (χ0n) is 7.85. The highest BCUT2D eigenvalue weighted by Crippen LogP contribution is 2.51. The Labute approximate surface area is 72.7 Å². The molecule has 5 heteroatoms. The van der Waals surface area contributed by atoms with Crippen molar-refractivity contribution in [3.05, 3.63) is 0 Å². The summed E-state index contributed by atoms with van der Waals surface area (Å²) < 4.78 is 11.6. The molecule has 0 aromatic carbocycles. The second-order valence-corrected chi connectivity index (χ2v) is 6.34. The minimum atomic E-state index is -3.22. The van der Waals surface area contributed by atoms with Crippen LogP contribution in [-0.2, 0) is 4.57 Å². The van der Waals surface area contributed by atoms with Gasteiger partial charge in [-0.15, -0.1) is 0 Å². The van der Waals surface area contributed by atoms with Crippen LogP contribution in [0.5, 0.6) is 0 Å². The molecular weight excluding hydrogens is 177 g/mol. The van der Waals surface area contributed by atoms with Gasteiger partial charge in [-0.3, -0.25) is 4.57 Å². The first kappa shape index (κ1) is 11.7. The lowest BCUT2D eigenvalue weighted by Crippen LogP contribution is -2.18. The predicted molar refractivity (Wildman–Crippen MR) is 49.3 cm³/mol. The zero-order valence-corrected chi connectivity index (χ0v) is 8.75. The van der Waals surface area contributed by atoms with E-state index in [-0.39, 0.29) is 5.66 Å². The standard InChI is InChI=1S/C7H16NO3P/c1-5(2)12(10,11)7(4)6(3)8-9/h5,7,9H,1-4H3,(H,10,11). The Kier molecular flexibility index (Phi) is 3.94. The molecule has 0 heterocycles. The summed E-state index contributed by atoms with van der Waals surface area (Å²) >= 11 is 0. The molecule has 0 aromatic heterocycles. The summed E-state index contributed by atoms with van der Waals surface area (Å²) in [6.45, 7) is 6.50. The third-order valence-electron chi connectivity index (χ3n) is 2.06. The summed E-state index contributed by atoms with van der Waals surface area (Å²) in [7, 11) is -3.22. The molecule has 0 aliphatic heterocycles. The smallest absolute Gasteiger partial charge is 0.211 e. The molecule has 0 rings (SSSR count). The first-order chi connectivity index (χ1) is 5.34. The minimum absolute atomic E-state index is 0.300. The summed E-state index contributed by atoms with van der Waals surface area (Å²) in [6, 6.07) is 0. The molecule has 0 saturated heterocycles. The molecule has 0 aliphatic rings. The molecule has 12 heavy (non-hydrogen) atoms.